The molecule has 0 atom stereocenters. The van der Waals surface area contributed by atoms with Crippen LogP contribution in [0, 0.1) is 0 Å². The lowest BCUT2D eigenvalue weighted by molar-refractivity contribution is 0.633. The molecule has 0 unspecified atom stereocenters. The van der Waals surface area contributed by atoms with Crippen LogP contribution in [-0.2, 0) is 0 Å². The van der Waals surface area contributed by atoms with Gasteiger partial charge in [-0.3, -0.25) is 0 Å². The first-order valence-corrected chi connectivity index (χ1v) is 15.8. The zero-order valence-corrected chi connectivity index (χ0v) is 25.7. The fourth-order valence-electron chi connectivity index (χ4n) is 7.01. The summed E-state index contributed by atoms with van der Waals surface area (Å²) in [6.45, 7) is 0. The van der Waals surface area contributed by atoms with Crippen molar-refractivity contribution in [3.8, 4) is 44.7 Å². The van der Waals surface area contributed by atoms with Gasteiger partial charge in [0.1, 0.15) is 11.3 Å². The molecule has 1 aromatic heterocycles. The molecule has 49 heavy (non-hydrogen) atoms. The number of rotatable bonds is 4. The van der Waals surface area contributed by atoms with Gasteiger partial charge in [-0.1, -0.05) is 163 Å². The van der Waals surface area contributed by atoms with Gasteiger partial charge >= 0.3 is 0 Å². The van der Waals surface area contributed by atoms with E-state index < -0.39 is 84.1 Å². The molecule has 0 amide bonds. The summed E-state index contributed by atoms with van der Waals surface area (Å²) >= 11 is 0. The summed E-state index contributed by atoms with van der Waals surface area (Å²) in [4.78, 5) is 0. The average Bonchev–Trinajstić information content (AvgIpc) is 3.68. The van der Waals surface area contributed by atoms with E-state index in [1.54, 1.807) is 0 Å². The molecule has 1 heteroatoms. The van der Waals surface area contributed by atoms with Crippen LogP contribution in [0.25, 0.3) is 98.8 Å². The van der Waals surface area contributed by atoms with Crippen molar-refractivity contribution >= 4 is 54.1 Å². The van der Waals surface area contributed by atoms with Crippen LogP contribution in [0.15, 0.2) is 186 Å². The zero-order chi connectivity index (χ0) is 43.6. The lowest BCUT2D eigenvalue weighted by Gasteiger charge is -2.18. The molecule has 0 fully saturated rings. The minimum atomic E-state index is -0.727. The van der Waals surface area contributed by atoms with E-state index in [9.17, 15) is 5.48 Å². The molecular weight excluding hydrogens is 593 g/mol. The largest absolute Gasteiger partial charge is 0.455 e. The van der Waals surface area contributed by atoms with Crippen LogP contribution < -0.4 is 0 Å². The molecule has 1 heterocycles. The quantitative estimate of drug-likeness (QED) is 0.139. The third-order valence-electron chi connectivity index (χ3n) is 9.18. The van der Waals surface area contributed by atoms with Crippen LogP contribution in [0.2, 0.25) is 0 Å². The molecule has 0 bridgehead atoms. The lowest BCUT2D eigenvalue weighted by Crippen LogP contribution is -1.91. The SMILES string of the molecule is [2H]c1c([2H])c([2H])c(-c2c3c([2H])c([2H])c([2H])c([2H])c3c(-c3c(-c4ccc5c(ccc6ccccc65)c4)oc4cc(-c5ccccc5)ccc34)c3c([2H])c([2H])c([2H])c([2H])c23)c([2H])c1[2H]. The van der Waals surface area contributed by atoms with Gasteiger partial charge in [-0.2, -0.15) is 0 Å². The molecule has 9 aromatic carbocycles. The van der Waals surface area contributed by atoms with E-state index in [1.807, 2.05) is 103 Å². The third-order valence-corrected chi connectivity index (χ3v) is 9.18. The first-order chi connectivity index (χ1) is 29.7. The maximum atomic E-state index is 9.55. The fourth-order valence-corrected chi connectivity index (χ4v) is 7.01. The molecule has 0 aliphatic rings. The van der Waals surface area contributed by atoms with Crippen LogP contribution in [0.1, 0.15) is 17.8 Å². The first-order valence-electron chi connectivity index (χ1n) is 22.3. The highest BCUT2D eigenvalue weighted by Crippen LogP contribution is 2.50. The maximum Gasteiger partial charge on any atom is 0.143 e. The predicted molar refractivity (Wildman–Crippen MR) is 208 cm³/mol. The molecular formula is C48H30O. The lowest BCUT2D eigenvalue weighted by atomic mass is 9.84. The van der Waals surface area contributed by atoms with Crippen molar-refractivity contribution in [1.82, 2.24) is 0 Å². The number of fused-ring (bicyclic) bond motifs is 6. The molecule has 0 N–H and O–H groups in total. The van der Waals surface area contributed by atoms with Crippen molar-refractivity contribution in [1.29, 1.82) is 0 Å². The van der Waals surface area contributed by atoms with E-state index in [1.165, 1.54) is 0 Å². The van der Waals surface area contributed by atoms with Crippen LogP contribution in [0.3, 0.4) is 0 Å². The molecule has 10 rings (SSSR count). The maximum absolute atomic E-state index is 9.55. The number of furan rings is 1. The van der Waals surface area contributed by atoms with Crippen molar-refractivity contribution < 1.29 is 22.2 Å². The van der Waals surface area contributed by atoms with Gasteiger partial charge in [0.25, 0.3) is 0 Å². The zero-order valence-electron chi connectivity index (χ0n) is 38.7. The van der Waals surface area contributed by atoms with Crippen molar-refractivity contribution in [2.75, 3.05) is 0 Å². The highest BCUT2D eigenvalue weighted by molar-refractivity contribution is 6.25. The minimum Gasteiger partial charge on any atom is -0.455 e. The monoisotopic (exact) mass is 635 g/mol. The molecule has 10 aromatic rings. The normalized spacial score (nSPS) is 15.4. The number of hydrogen-bond acceptors (Lipinski definition) is 1. The summed E-state index contributed by atoms with van der Waals surface area (Å²) in [5.74, 6) is 0.248. The fraction of sp³-hybridized carbons (Fsp3) is 0. The second-order valence-electron chi connectivity index (χ2n) is 11.9. The number of benzene rings is 9. The Morgan fingerprint density at radius 1 is 0.347 bits per heavy atom. The van der Waals surface area contributed by atoms with E-state index in [-0.39, 0.29) is 44.0 Å². The van der Waals surface area contributed by atoms with Gasteiger partial charge in [0.2, 0.25) is 0 Å². The average molecular weight is 636 g/mol. The molecule has 0 radical (unpaired) electrons. The van der Waals surface area contributed by atoms with Crippen molar-refractivity contribution in [3.05, 3.63) is 182 Å². The van der Waals surface area contributed by atoms with Crippen LogP contribution in [0.4, 0.5) is 0 Å². The summed E-state index contributed by atoms with van der Waals surface area (Å²) in [5, 5.41) is 3.45. The minimum absolute atomic E-state index is 0.00457. The van der Waals surface area contributed by atoms with Gasteiger partial charge in [0.15, 0.2) is 0 Å². The molecule has 0 aliphatic heterocycles. The topological polar surface area (TPSA) is 13.1 Å². The van der Waals surface area contributed by atoms with Gasteiger partial charge in [0.05, 0.1) is 17.8 Å². The Labute approximate surface area is 302 Å². The Bertz CT molecular complexity index is 3510. The third kappa shape index (κ3) is 4.40. The van der Waals surface area contributed by atoms with Gasteiger partial charge in [-0.15, -0.1) is 0 Å². The van der Waals surface area contributed by atoms with E-state index >= 15 is 0 Å². The Morgan fingerprint density at radius 2 is 0.939 bits per heavy atom. The van der Waals surface area contributed by atoms with Gasteiger partial charge < -0.3 is 4.42 Å². The van der Waals surface area contributed by atoms with Crippen molar-refractivity contribution in [3.63, 3.8) is 0 Å². The van der Waals surface area contributed by atoms with E-state index in [0.29, 0.717) is 16.5 Å². The molecule has 1 nitrogen and oxygen atoms in total. The second kappa shape index (κ2) is 11.1. The van der Waals surface area contributed by atoms with E-state index in [0.717, 1.165) is 32.7 Å². The Hall–Kier alpha value is -6.44. The van der Waals surface area contributed by atoms with E-state index in [4.69, 9.17) is 16.8 Å². The van der Waals surface area contributed by atoms with Crippen LogP contribution >= 0.6 is 0 Å². The van der Waals surface area contributed by atoms with Crippen molar-refractivity contribution in [2.24, 2.45) is 0 Å². The summed E-state index contributed by atoms with van der Waals surface area (Å²) in [7, 11) is 0. The predicted octanol–water partition coefficient (Wildman–Crippen LogP) is 13.7. The molecule has 0 spiro atoms. The second-order valence-corrected chi connectivity index (χ2v) is 11.9. The molecule has 0 aliphatic carbocycles. The van der Waals surface area contributed by atoms with Gasteiger partial charge in [0, 0.05) is 22.1 Å². The van der Waals surface area contributed by atoms with E-state index in [2.05, 4.69) is 0 Å². The Kier molecular flexibility index (Phi) is 3.99. The van der Waals surface area contributed by atoms with Crippen LogP contribution in [-0.4, -0.2) is 0 Å². The van der Waals surface area contributed by atoms with Crippen molar-refractivity contribution in [2.45, 2.75) is 0 Å². The highest BCUT2D eigenvalue weighted by Gasteiger charge is 2.24. The smallest absolute Gasteiger partial charge is 0.143 e. The molecule has 0 saturated heterocycles. The van der Waals surface area contributed by atoms with Gasteiger partial charge in [-0.05, 0) is 83.5 Å². The summed E-state index contributed by atoms with van der Waals surface area (Å²) in [5.41, 5.74) is 2.12. The molecule has 228 valence electrons. The molecule has 0 saturated carbocycles. The first kappa shape index (κ1) is 17.6. The van der Waals surface area contributed by atoms with Crippen LogP contribution in [0.5, 0.6) is 0 Å². The Morgan fingerprint density at radius 3 is 1.69 bits per heavy atom. The summed E-state index contributed by atoms with van der Waals surface area (Å²) < 4.78 is 124. The Balaban J connectivity index is 1.46. The summed E-state index contributed by atoms with van der Waals surface area (Å²) in [6, 6.07) is 24.3. The summed E-state index contributed by atoms with van der Waals surface area (Å²) in [6.07, 6.45) is 0. The standard InChI is InChI=1S/C48H30O/c1-3-13-31(14-4-1)34-25-28-43-44(30-34)49-48(36-26-27-38-35(29-36)24-23-32-15-7-8-18-37(32)38)47(43)46-41-21-11-9-19-39(41)45(33-16-5-2-6-17-33)40-20-10-12-22-42(40)46/h1-30H/i2D,5D,6D,9D,10D,11D,12D,16D,17D,19D,20D,21D,22D. The van der Waals surface area contributed by atoms with Gasteiger partial charge in [-0.25, -0.2) is 0 Å². The number of hydrogen-bond donors (Lipinski definition) is 0. The highest BCUT2D eigenvalue weighted by atomic mass is 16.3.